The lowest BCUT2D eigenvalue weighted by atomic mass is 10.2. The zero-order valence-corrected chi connectivity index (χ0v) is 11.1. The van der Waals surface area contributed by atoms with E-state index in [9.17, 15) is 0 Å². The van der Waals surface area contributed by atoms with Gasteiger partial charge in [0, 0.05) is 6.07 Å². The largest absolute Gasteiger partial charge is 0.491 e. The standard InChI is InChI=1S/C14H14ClNO2/c1-10-14(17-2)12(8-13(15)16-10)18-9-11-6-4-3-5-7-11/h3-8H,9H2,1-2H3. The van der Waals surface area contributed by atoms with Crippen LogP contribution in [-0.4, -0.2) is 12.1 Å². The number of ether oxygens (including phenoxy) is 2. The van der Waals surface area contributed by atoms with Gasteiger partial charge < -0.3 is 9.47 Å². The average Bonchev–Trinajstić information content (AvgIpc) is 2.37. The Morgan fingerprint density at radius 1 is 1.22 bits per heavy atom. The number of halogens is 1. The van der Waals surface area contributed by atoms with Gasteiger partial charge in [0.2, 0.25) is 0 Å². The highest BCUT2D eigenvalue weighted by atomic mass is 35.5. The van der Waals surface area contributed by atoms with Crippen molar-refractivity contribution in [3.05, 3.63) is 52.8 Å². The molecule has 4 heteroatoms. The van der Waals surface area contributed by atoms with Gasteiger partial charge in [-0.2, -0.15) is 0 Å². The zero-order valence-electron chi connectivity index (χ0n) is 10.3. The van der Waals surface area contributed by atoms with Gasteiger partial charge in [0.05, 0.1) is 12.8 Å². The molecule has 0 N–H and O–H groups in total. The zero-order chi connectivity index (χ0) is 13.0. The third-order valence-electron chi connectivity index (χ3n) is 2.52. The smallest absolute Gasteiger partial charge is 0.182 e. The van der Waals surface area contributed by atoms with Gasteiger partial charge in [0.15, 0.2) is 11.5 Å². The molecule has 1 heterocycles. The third kappa shape index (κ3) is 2.93. The number of nitrogens with zero attached hydrogens (tertiary/aromatic N) is 1. The first-order valence-electron chi connectivity index (χ1n) is 5.58. The highest BCUT2D eigenvalue weighted by Crippen LogP contribution is 2.32. The van der Waals surface area contributed by atoms with Gasteiger partial charge in [-0.3, -0.25) is 0 Å². The fourth-order valence-corrected chi connectivity index (χ4v) is 1.91. The fourth-order valence-electron chi connectivity index (χ4n) is 1.69. The van der Waals surface area contributed by atoms with Crippen LogP contribution in [0, 0.1) is 6.92 Å². The van der Waals surface area contributed by atoms with Gasteiger partial charge >= 0.3 is 0 Å². The Morgan fingerprint density at radius 3 is 2.61 bits per heavy atom. The Bertz CT molecular complexity index is 529. The number of hydrogen-bond acceptors (Lipinski definition) is 3. The number of methoxy groups -OCH3 is 1. The lowest BCUT2D eigenvalue weighted by Crippen LogP contribution is -2.00. The summed E-state index contributed by atoms with van der Waals surface area (Å²) in [5.41, 5.74) is 1.80. The van der Waals surface area contributed by atoms with Crippen LogP contribution in [-0.2, 0) is 6.61 Å². The minimum atomic E-state index is 0.399. The fraction of sp³-hybridized carbons (Fsp3) is 0.214. The number of aromatic nitrogens is 1. The number of aryl methyl sites for hydroxylation is 1. The monoisotopic (exact) mass is 263 g/mol. The number of pyridine rings is 1. The summed E-state index contributed by atoms with van der Waals surface area (Å²) < 4.78 is 11.0. The van der Waals surface area contributed by atoms with E-state index < -0.39 is 0 Å². The van der Waals surface area contributed by atoms with E-state index in [-0.39, 0.29) is 0 Å². The Labute approximate surface area is 111 Å². The maximum absolute atomic E-state index is 5.91. The quantitative estimate of drug-likeness (QED) is 0.790. The summed E-state index contributed by atoms with van der Waals surface area (Å²) in [6, 6.07) is 11.6. The summed E-state index contributed by atoms with van der Waals surface area (Å²) in [6.45, 7) is 2.30. The molecule has 3 nitrogen and oxygen atoms in total. The van der Waals surface area contributed by atoms with E-state index in [2.05, 4.69) is 4.98 Å². The Morgan fingerprint density at radius 2 is 1.94 bits per heavy atom. The van der Waals surface area contributed by atoms with Gasteiger partial charge in [-0.25, -0.2) is 4.98 Å². The van der Waals surface area contributed by atoms with Crippen molar-refractivity contribution in [3.8, 4) is 11.5 Å². The second-order valence-corrected chi connectivity index (χ2v) is 4.22. The molecule has 1 aromatic heterocycles. The van der Waals surface area contributed by atoms with E-state index in [0.717, 1.165) is 5.56 Å². The van der Waals surface area contributed by atoms with Crippen molar-refractivity contribution in [1.29, 1.82) is 0 Å². The molecule has 0 saturated heterocycles. The SMILES string of the molecule is COc1c(OCc2ccccc2)cc(Cl)nc1C. The van der Waals surface area contributed by atoms with Crippen LogP contribution < -0.4 is 9.47 Å². The molecule has 1 aromatic carbocycles. The minimum Gasteiger partial charge on any atom is -0.491 e. The van der Waals surface area contributed by atoms with Crippen LogP contribution >= 0.6 is 11.6 Å². The van der Waals surface area contributed by atoms with E-state index >= 15 is 0 Å². The molecule has 18 heavy (non-hydrogen) atoms. The van der Waals surface area contributed by atoms with E-state index in [4.69, 9.17) is 21.1 Å². The molecule has 0 spiro atoms. The highest BCUT2D eigenvalue weighted by Gasteiger charge is 2.11. The Balaban J connectivity index is 2.18. The third-order valence-corrected chi connectivity index (χ3v) is 2.71. The molecule has 0 bridgehead atoms. The molecule has 0 fully saturated rings. The van der Waals surface area contributed by atoms with Gasteiger partial charge in [0.25, 0.3) is 0 Å². The molecule has 0 amide bonds. The van der Waals surface area contributed by atoms with Crippen molar-refractivity contribution in [3.63, 3.8) is 0 Å². The lowest BCUT2D eigenvalue weighted by molar-refractivity contribution is 0.282. The Kier molecular flexibility index (Phi) is 4.05. The van der Waals surface area contributed by atoms with Crippen molar-refractivity contribution in [1.82, 2.24) is 4.98 Å². The topological polar surface area (TPSA) is 31.4 Å². The summed E-state index contributed by atoms with van der Waals surface area (Å²) in [7, 11) is 1.59. The van der Waals surface area contributed by atoms with Crippen molar-refractivity contribution in [2.75, 3.05) is 7.11 Å². The second-order valence-electron chi connectivity index (χ2n) is 3.84. The molecular formula is C14H14ClNO2. The van der Waals surface area contributed by atoms with Crippen LogP contribution in [0.3, 0.4) is 0 Å². The summed E-state index contributed by atoms with van der Waals surface area (Å²) in [5, 5.41) is 0.399. The van der Waals surface area contributed by atoms with Gasteiger partial charge in [-0.1, -0.05) is 41.9 Å². The van der Waals surface area contributed by atoms with Crippen LogP contribution in [0.15, 0.2) is 36.4 Å². The molecular weight excluding hydrogens is 250 g/mol. The maximum atomic E-state index is 5.91. The van der Waals surface area contributed by atoms with E-state index in [1.165, 1.54) is 0 Å². The number of rotatable bonds is 4. The van der Waals surface area contributed by atoms with Crippen LogP contribution in [0.1, 0.15) is 11.3 Å². The van der Waals surface area contributed by atoms with Crippen LogP contribution in [0.2, 0.25) is 5.15 Å². The summed E-state index contributed by atoms with van der Waals surface area (Å²) in [4.78, 5) is 4.12. The number of benzene rings is 1. The summed E-state index contributed by atoms with van der Waals surface area (Å²) >= 11 is 5.91. The normalized spacial score (nSPS) is 10.2. The molecule has 0 aliphatic rings. The number of hydrogen-bond donors (Lipinski definition) is 0. The summed E-state index contributed by atoms with van der Waals surface area (Å²) in [5.74, 6) is 1.23. The molecule has 0 unspecified atom stereocenters. The van der Waals surface area contributed by atoms with E-state index in [1.54, 1.807) is 13.2 Å². The molecule has 94 valence electrons. The van der Waals surface area contributed by atoms with E-state index in [0.29, 0.717) is 29.0 Å². The molecule has 0 radical (unpaired) electrons. The van der Waals surface area contributed by atoms with Gasteiger partial charge in [0.1, 0.15) is 11.8 Å². The molecule has 0 aliphatic heterocycles. The van der Waals surface area contributed by atoms with Crippen LogP contribution in [0.4, 0.5) is 0 Å². The minimum absolute atomic E-state index is 0.399. The predicted octanol–water partition coefficient (Wildman–Crippen LogP) is 3.63. The average molecular weight is 264 g/mol. The van der Waals surface area contributed by atoms with E-state index in [1.807, 2.05) is 37.3 Å². The van der Waals surface area contributed by atoms with Crippen molar-refractivity contribution in [2.45, 2.75) is 13.5 Å². The summed E-state index contributed by atoms with van der Waals surface area (Å²) in [6.07, 6.45) is 0. The maximum Gasteiger partial charge on any atom is 0.182 e. The predicted molar refractivity (Wildman–Crippen MR) is 71.3 cm³/mol. The van der Waals surface area contributed by atoms with Crippen molar-refractivity contribution in [2.24, 2.45) is 0 Å². The second kappa shape index (κ2) is 5.74. The first kappa shape index (κ1) is 12.7. The molecule has 0 aliphatic carbocycles. The van der Waals surface area contributed by atoms with Gasteiger partial charge in [-0.15, -0.1) is 0 Å². The molecule has 0 atom stereocenters. The Hall–Kier alpha value is -1.74. The van der Waals surface area contributed by atoms with Crippen LogP contribution in [0.25, 0.3) is 0 Å². The van der Waals surface area contributed by atoms with Gasteiger partial charge in [-0.05, 0) is 12.5 Å². The van der Waals surface area contributed by atoms with Crippen molar-refractivity contribution >= 4 is 11.6 Å². The molecule has 0 saturated carbocycles. The van der Waals surface area contributed by atoms with Crippen molar-refractivity contribution < 1.29 is 9.47 Å². The first-order valence-corrected chi connectivity index (χ1v) is 5.96. The molecule has 2 rings (SSSR count). The first-order chi connectivity index (χ1) is 8.70. The highest BCUT2D eigenvalue weighted by molar-refractivity contribution is 6.29. The molecule has 2 aromatic rings. The van der Waals surface area contributed by atoms with Crippen LogP contribution in [0.5, 0.6) is 11.5 Å². The lowest BCUT2D eigenvalue weighted by Gasteiger charge is -2.12.